The number of aliphatic hydroxyl groups excluding tert-OH is 2. The molecule has 5 heterocycles. The molecular formula is C28H35IN4O7S2. The minimum atomic E-state index is -0.994. The highest BCUT2D eigenvalue weighted by atomic mass is 127. The number of nitrogens with zero attached hydrogens (tertiary/aromatic N) is 4. The molecule has 2 aromatic rings. The first-order chi connectivity index (χ1) is 19.6. The first kappa shape index (κ1) is 32.5. The van der Waals surface area contributed by atoms with Gasteiger partial charge in [-0.05, 0) is 13.3 Å². The average Bonchev–Trinajstić information content (AvgIpc) is 3.67. The predicted octanol–water partition coefficient (Wildman–Crippen LogP) is -0.840. The van der Waals surface area contributed by atoms with Crippen LogP contribution in [0.25, 0.3) is 4.83 Å². The Bertz CT molecular complexity index is 1420. The SMILES string of the molecule is C=CCOC(=O)C1=C(S[C@H]2C[C@@H](C(O)c3csc4c[n+](C)cn34)N(C(=O)OCC=C)C2)[C@H](C)[C@@H]2[C@@H]([C@@H](C)O)C(=O)N12.[I-]. The van der Waals surface area contributed by atoms with Gasteiger partial charge < -0.3 is 53.5 Å². The van der Waals surface area contributed by atoms with Crippen molar-refractivity contribution in [3.8, 4) is 0 Å². The number of halogens is 1. The van der Waals surface area contributed by atoms with Gasteiger partial charge in [0.15, 0.2) is 5.69 Å². The third-order valence-corrected chi connectivity index (χ3v) is 10.3. The molecule has 2 N–H and O–H groups in total. The number of aliphatic hydroxyl groups is 2. The molecule has 2 saturated heterocycles. The number of likely N-dealkylation sites (tertiary alicyclic amines) is 1. The van der Waals surface area contributed by atoms with Crippen LogP contribution >= 0.6 is 23.1 Å². The fourth-order valence-electron chi connectivity index (χ4n) is 6.06. The normalized spacial score (nSPS) is 26.4. The van der Waals surface area contributed by atoms with Crippen molar-refractivity contribution in [3.05, 3.63) is 59.5 Å². The summed E-state index contributed by atoms with van der Waals surface area (Å²) in [7, 11) is 1.90. The van der Waals surface area contributed by atoms with E-state index in [-0.39, 0.29) is 72.5 Å². The summed E-state index contributed by atoms with van der Waals surface area (Å²) in [5.41, 5.74) is 0.847. The number of carbonyl (C=O) groups is 3. The van der Waals surface area contributed by atoms with Gasteiger partial charge in [-0.15, -0.1) is 11.8 Å². The molecule has 0 aromatic carbocycles. The van der Waals surface area contributed by atoms with E-state index in [9.17, 15) is 24.6 Å². The fraction of sp³-hybridized carbons (Fsp3) is 0.500. The number of hydrogen-bond donors (Lipinski definition) is 2. The molecule has 7 atom stereocenters. The average molecular weight is 731 g/mol. The molecule has 1 unspecified atom stereocenters. The maximum atomic E-state index is 13.2. The fourth-order valence-corrected chi connectivity index (χ4v) is 8.58. The van der Waals surface area contributed by atoms with Gasteiger partial charge in [0.1, 0.15) is 31.2 Å². The Labute approximate surface area is 269 Å². The maximum Gasteiger partial charge on any atom is 0.410 e. The van der Waals surface area contributed by atoms with Gasteiger partial charge in [-0.2, -0.15) is 4.40 Å². The Kier molecular flexibility index (Phi) is 10.1. The van der Waals surface area contributed by atoms with Crippen molar-refractivity contribution >= 4 is 45.9 Å². The summed E-state index contributed by atoms with van der Waals surface area (Å²) in [6.45, 7) is 11.0. The van der Waals surface area contributed by atoms with E-state index in [4.69, 9.17) is 9.47 Å². The summed E-state index contributed by atoms with van der Waals surface area (Å²) in [6, 6.07) is -0.950. The number of hydrogen-bond acceptors (Lipinski definition) is 9. The monoisotopic (exact) mass is 730 g/mol. The van der Waals surface area contributed by atoms with Gasteiger partial charge in [0.25, 0.3) is 0 Å². The van der Waals surface area contributed by atoms with E-state index in [1.807, 2.05) is 40.8 Å². The van der Waals surface area contributed by atoms with E-state index < -0.39 is 36.2 Å². The van der Waals surface area contributed by atoms with Crippen LogP contribution in [0, 0.1) is 11.8 Å². The van der Waals surface area contributed by atoms with Gasteiger partial charge in [0.05, 0.1) is 31.2 Å². The van der Waals surface area contributed by atoms with Crippen LogP contribution in [0.4, 0.5) is 4.79 Å². The first-order valence-electron chi connectivity index (χ1n) is 13.5. The number of thioether (sulfide) groups is 1. The second-order valence-electron chi connectivity index (χ2n) is 10.6. The van der Waals surface area contributed by atoms with E-state index >= 15 is 0 Å². The van der Waals surface area contributed by atoms with Crippen LogP contribution in [0.5, 0.6) is 0 Å². The van der Waals surface area contributed by atoms with Gasteiger partial charge >= 0.3 is 12.1 Å². The second kappa shape index (κ2) is 13.1. The largest absolute Gasteiger partial charge is 1.00 e. The van der Waals surface area contributed by atoms with E-state index in [1.165, 1.54) is 45.1 Å². The van der Waals surface area contributed by atoms with Crippen LogP contribution in [0.15, 0.2) is 53.8 Å². The van der Waals surface area contributed by atoms with Crippen LogP contribution < -0.4 is 28.5 Å². The Balaban J connectivity index is 0.00000405. The zero-order valence-electron chi connectivity index (χ0n) is 23.6. The number of thiazole rings is 1. The molecule has 0 radical (unpaired) electrons. The molecule has 0 aliphatic carbocycles. The number of ether oxygens (including phenoxy) is 2. The standard InChI is InChI=1S/C28H35N4O7S2.HI/c1-6-8-38-27(36)23-25(15(3)22-21(16(4)33)26(35)32(22)23)41-17-10-18(30(11-17)28(37)39-9-7-2)24(34)19-13-40-20-12-29(5)14-31(19)20;/h6-7,12-18,21-22,24,33-34H,1-2,8-11H2,3-5H3;1H/q+1;/p-1/t15-,16-,17+,18+,21-,22-,24?;/m1./s1. The minimum absolute atomic E-state index is 0. The second-order valence-corrected chi connectivity index (χ2v) is 12.9. The molecule has 3 aliphatic rings. The van der Waals surface area contributed by atoms with Gasteiger partial charge in [0.2, 0.25) is 17.1 Å². The Morgan fingerprint density at radius 3 is 2.62 bits per heavy atom. The number of esters is 1. The number of rotatable bonds is 10. The maximum absolute atomic E-state index is 13.2. The van der Waals surface area contributed by atoms with Gasteiger partial charge in [0, 0.05) is 28.0 Å². The number of aryl methyl sites for hydroxylation is 1. The van der Waals surface area contributed by atoms with E-state index in [0.717, 1.165) is 4.83 Å². The third-order valence-electron chi connectivity index (χ3n) is 7.89. The number of imidazole rings is 1. The summed E-state index contributed by atoms with van der Waals surface area (Å²) in [6.07, 6.45) is 4.78. The van der Waals surface area contributed by atoms with Crippen molar-refractivity contribution in [1.29, 1.82) is 0 Å². The Hall–Kier alpha value is -2.40. The zero-order valence-corrected chi connectivity index (χ0v) is 27.4. The highest BCUT2D eigenvalue weighted by molar-refractivity contribution is 8.03. The Morgan fingerprint density at radius 2 is 1.95 bits per heavy atom. The van der Waals surface area contributed by atoms with Crippen molar-refractivity contribution in [1.82, 2.24) is 14.2 Å². The predicted molar refractivity (Wildman–Crippen MR) is 153 cm³/mol. The number of β-lactam (4-membered cyclic amide) rings is 1. The van der Waals surface area contributed by atoms with Crippen molar-refractivity contribution in [2.75, 3.05) is 19.8 Å². The lowest BCUT2D eigenvalue weighted by molar-refractivity contribution is -0.670. The summed E-state index contributed by atoms with van der Waals surface area (Å²) >= 11 is 2.91. The lowest BCUT2D eigenvalue weighted by Gasteiger charge is -2.46. The van der Waals surface area contributed by atoms with Gasteiger partial charge in [-0.1, -0.05) is 43.6 Å². The van der Waals surface area contributed by atoms with E-state index in [1.54, 1.807) is 6.92 Å². The molecule has 2 aromatic heterocycles. The molecule has 0 saturated carbocycles. The first-order valence-corrected chi connectivity index (χ1v) is 15.2. The molecule has 228 valence electrons. The quantitative estimate of drug-likeness (QED) is 0.107. The molecule has 14 heteroatoms. The Morgan fingerprint density at radius 1 is 1.26 bits per heavy atom. The lowest BCUT2D eigenvalue weighted by atomic mass is 9.79. The number of fused-ring (bicyclic) bond motifs is 2. The van der Waals surface area contributed by atoms with Crippen molar-refractivity contribution in [3.63, 3.8) is 0 Å². The lowest BCUT2D eigenvalue weighted by Crippen LogP contribution is -3.00. The molecule has 5 rings (SSSR count). The van der Waals surface area contributed by atoms with Crippen LogP contribution in [0.2, 0.25) is 0 Å². The highest BCUT2D eigenvalue weighted by Crippen LogP contribution is 2.53. The van der Waals surface area contributed by atoms with E-state index in [0.29, 0.717) is 17.0 Å². The van der Waals surface area contributed by atoms with Crippen LogP contribution in [0.1, 0.15) is 32.1 Å². The summed E-state index contributed by atoms with van der Waals surface area (Å²) in [5.74, 6) is -1.78. The number of carbonyl (C=O) groups excluding carboxylic acids is 3. The van der Waals surface area contributed by atoms with Crippen LogP contribution in [-0.4, -0.2) is 85.6 Å². The molecule has 0 bridgehead atoms. The molecule has 11 nitrogen and oxygen atoms in total. The number of amides is 2. The highest BCUT2D eigenvalue weighted by Gasteiger charge is 2.60. The van der Waals surface area contributed by atoms with Crippen LogP contribution in [0.3, 0.4) is 0 Å². The minimum Gasteiger partial charge on any atom is -1.00 e. The van der Waals surface area contributed by atoms with Crippen molar-refractivity contribution in [2.24, 2.45) is 18.9 Å². The van der Waals surface area contributed by atoms with E-state index in [2.05, 4.69) is 13.2 Å². The topological polar surface area (TPSA) is 125 Å². The molecule has 2 amide bonds. The van der Waals surface area contributed by atoms with Gasteiger partial charge in [-0.25, -0.2) is 14.2 Å². The summed E-state index contributed by atoms with van der Waals surface area (Å²) in [5, 5.41) is 23.5. The van der Waals surface area contributed by atoms with Crippen LogP contribution in [-0.2, 0) is 26.1 Å². The summed E-state index contributed by atoms with van der Waals surface area (Å²) in [4.78, 5) is 43.9. The van der Waals surface area contributed by atoms with Gasteiger partial charge in [-0.3, -0.25) is 4.79 Å². The molecule has 0 spiro atoms. The number of aromatic nitrogens is 2. The summed E-state index contributed by atoms with van der Waals surface area (Å²) < 4.78 is 14.5. The smallest absolute Gasteiger partial charge is 0.410 e. The molecule has 3 aliphatic heterocycles. The molecule has 2 fully saturated rings. The van der Waals surface area contributed by atoms with Crippen molar-refractivity contribution < 1.29 is 62.6 Å². The molecule has 42 heavy (non-hydrogen) atoms. The molecular weight excluding hydrogens is 695 g/mol. The zero-order chi connectivity index (χ0) is 29.6. The third kappa shape index (κ3) is 5.63. The van der Waals surface area contributed by atoms with Crippen molar-refractivity contribution in [2.45, 2.75) is 49.8 Å².